The van der Waals surface area contributed by atoms with Crippen LogP contribution in [0.15, 0.2) is 34.5 Å². The second-order valence-electron chi connectivity index (χ2n) is 3.68. The molecule has 100 valence electrons. The fourth-order valence-electron chi connectivity index (χ4n) is 1.36. The summed E-state index contributed by atoms with van der Waals surface area (Å²) in [5.41, 5.74) is 12.4. The van der Waals surface area contributed by atoms with Gasteiger partial charge in [-0.2, -0.15) is 5.10 Å². The minimum Gasteiger partial charge on any atom is -0.369 e. The number of benzene rings is 1. The Hall–Kier alpha value is -1.26. The van der Waals surface area contributed by atoms with E-state index in [4.69, 9.17) is 23.1 Å². The Morgan fingerprint density at radius 3 is 2.28 bits per heavy atom. The maximum Gasteiger partial charge on any atom is 0.211 e. The quantitative estimate of drug-likeness (QED) is 0.496. The lowest BCUT2D eigenvalue weighted by Crippen LogP contribution is -2.22. The highest BCUT2D eigenvalue weighted by molar-refractivity contribution is 6.30. The minimum absolute atomic E-state index is 0. The molecule has 0 aliphatic rings. The summed E-state index contributed by atoms with van der Waals surface area (Å²) in [5.74, 6) is -0.0343. The van der Waals surface area contributed by atoms with Gasteiger partial charge in [-0.25, -0.2) is 0 Å². The van der Waals surface area contributed by atoms with Crippen molar-refractivity contribution < 1.29 is 0 Å². The molecule has 0 amide bonds. The normalized spacial score (nSPS) is 10.7. The van der Waals surface area contributed by atoms with E-state index in [-0.39, 0.29) is 18.4 Å². The van der Waals surface area contributed by atoms with Crippen molar-refractivity contribution in [1.29, 1.82) is 0 Å². The Morgan fingerprint density at radius 2 is 1.78 bits per heavy atom. The van der Waals surface area contributed by atoms with E-state index in [1.165, 1.54) is 0 Å². The molecule has 0 fully saturated rings. The molecule has 1 aromatic rings. The van der Waals surface area contributed by atoms with Crippen LogP contribution in [0, 0.1) is 0 Å². The summed E-state index contributed by atoms with van der Waals surface area (Å²) in [4.78, 5) is 0. The maximum absolute atomic E-state index is 5.84. The zero-order valence-corrected chi connectivity index (χ0v) is 11.8. The van der Waals surface area contributed by atoms with Crippen LogP contribution in [0.5, 0.6) is 0 Å². The van der Waals surface area contributed by atoms with E-state index in [0.29, 0.717) is 5.02 Å². The second-order valence-corrected chi connectivity index (χ2v) is 4.12. The van der Waals surface area contributed by atoms with E-state index >= 15 is 0 Å². The van der Waals surface area contributed by atoms with Gasteiger partial charge in [0, 0.05) is 5.02 Å². The van der Waals surface area contributed by atoms with Gasteiger partial charge < -0.3 is 11.5 Å². The van der Waals surface area contributed by atoms with Crippen LogP contribution in [0.1, 0.15) is 31.7 Å². The highest BCUT2D eigenvalue weighted by atomic mass is 35.5. The predicted molar refractivity (Wildman–Crippen MR) is 80.6 cm³/mol. The molecule has 6 heteroatoms. The van der Waals surface area contributed by atoms with Gasteiger partial charge in [0.2, 0.25) is 5.96 Å². The molecule has 0 bridgehead atoms. The molecular formula is C12H18Cl2N4. The number of guanidine groups is 1. The lowest BCUT2D eigenvalue weighted by molar-refractivity contribution is 0.832. The van der Waals surface area contributed by atoms with Gasteiger partial charge >= 0.3 is 0 Å². The SMILES string of the molecule is CCCC/C(=N/N=C(N)N)c1ccc(Cl)cc1.Cl. The molecule has 0 spiro atoms. The average molecular weight is 289 g/mol. The zero-order valence-electron chi connectivity index (χ0n) is 10.3. The summed E-state index contributed by atoms with van der Waals surface area (Å²) in [6, 6.07) is 7.49. The van der Waals surface area contributed by atoms with E-state index in [1.54, 1.807) is 0 Å². The van der Waals surface area contributed by atoms with Crippen LogP contribution in [0.2, 0.25) is 5.02 Å². The maximum atomic E-state index is 5.84. The third-order valence-electron chi connectivity index (χ3n) is 2.23. The van der Waals surface area contributed by atoms with Crippen LogP contribution in [0.3, 0.4) is 0 Å². The smallest absolute Gasteiger partial charge is 0.211 e. The van der Waals surface area contributed by atoms with E-state index < -0.39 is 0 Å². The van der Waals surface area contributed by atoms with Gasteiger partial charge in [-0.3, -0.25) is 0 Å². The van der Waals surface area contributed by atoms with Crippen molar-refractivity contribution >= 4 is 35.7 Å². The topological polar surface area (TPSA) is 76.8 Å². The van der Waals surface area contributed by atoms with Crippen molar-refractivity contribution in [2.24, 2.45) is 21.7 Å². The van der Waals surface area contributed by atoms with Gasteiger partial charge in [-0.05, 0) is 30.5 Å². The van der Waals surface area contributed by atoms with E-state index in [1.807, 2.05) is 24.3 Å². The van der Waals surface area contributed by atoms with Crippen molar-refractivity contribution in [3.8, 4) is 0 Å². The molecule has 4 nitrogen and oxygen atoms in total. The van der Waals surface area contributed by atoms with Crippen molar-refractivity contribution in [2.45, 2.75) is 26.2 Å². The lowest BCUT2D eigenvalue weighted by Gasteiger charge is -2.04. The van der Waals surface area contributed by atoms with Crippen molar-refractivity contribution in [2.75, 3.05) is 0 Å². The summed E-state index contributed by atoms with van der Waals surface area (Å²) in [7, 11) is 0. The summed E-state index contributed by atoms with van der Waals surface area (Å²) >= 11 is 5.84. The Morgan fingerprint density at radius 1 is 1.17 bits per heavy atom. The molecule has 0 radical (unpaired) electrons. The van der Waals surface area contributed by atoms with E-state index in [2.05, 4.69) is 17.1 Å². The van der Waals surface area contributed by atoms with Gasteiger partial charge in [0.15, 0.2) is 0 Å². The van der Waals surface area contributed by atoms with Gasteiger partial charge in [0.05, 0.1) is 5.71 Å². The van der Waals surface area contributed by atoms with Crippen molar-refractivity contribution in [1.82, 2.24) is 0 Å². The van der Waals surface area contributed by atoms with Crippen LogP contribution in [-0.2, 0) is 0 Å². The highest BCUT2D eigenvalue weighted by Gasteiger charge is 2.03. The number of nitrogens with two attached hydrogens (primary N) is 2. The van der Waals surface area contributed by atoms with E-state index in [0.717, 1.165) is 30.5 Å². The molecule has 18 heavy (non-hydrogen) atoms. The Labute approximate surface area is 119 Å². The molecule has 0 atom stereocenters. The molecule has 4 N–H and O–H groups in total. The van der Waals surface area contributed by atoms with Crippen LogP contribution < -0.4 is 11.5 Å². The number of hydrogen-bond donors (Lipinski definition) is 2. The second kappa shape index (κ2) is 8.78. The standard InChI is InChI=1S/C12H17ClN4.ClH/c1-2-3-4-11(16-17-12(14)15)9-5-7-10(13)8-6-9;/h5-8H,2-4H2,1H3,(H4,14,15,17);1H/b16-11-;. The van der Waals surface area contributed by atoms with Crippen molar-refractivity contribution in [3.63, 3.8) is 0 Å². The molecule has 0 saturated carbocycles. The van der Waals surface area contributed by atoms with Crippen LogP contribution in [0.25, 0.3) is 0 Å². The van der Waals surface area contributed by atoms with Gasteiger partial charge in [0.1, 0.15) is 0 Å². The summed E-state index contributed by atoms with van der Waals surface area (Å²) < 4.78 is 0. The monoisotopic (exact) mass is 288 g/mol. The molecule has 0 aromatic heterocycles. The first-order valence-electron chi connectivity index (χ1n) is 5.55. The molecule has 0 aliphatic heterocycles. The number of halogens is 2. The predicted octanol–water partition coefficient (Wildman–Crippen LogP) is 2.93. The summed E-state index contributed by atoms with van der Waals surface area (Å²) in [6.07, 6.45) is 2.98. The number of rotatable bonds is 5. The van der Waals surface area contributed by atoms with E-state index in [9.17, 15) is 0 Å². The first kappa shape index (κ1) is 16.7. The van der Waals surface area contributed by atoms with Crippen LogP contribution in [-0.4, -0.2) is 11.7 Å². The average Bonchev–Trinajstić information content (AvgIpc) is 2.30. The molecule has 0 unspecified atom stereocenters. The Kier molecular flexibility index (Phi) is 8.16. The molecule has 0 heterocycles. The van der Waals surface area contributed by atoms with Crippen LogP contribution >= 0.6 is 24.0 Å². The van der Waals surface area contributed by atoms with Gasteiger partial charge in [-0.15, -0.1) is 17.5 Å². The van der Waals surface area contributed by atoms with Gasteiger partial charge in [0.25, 0.3) is 0 Å². The molecular weight excluding hydrogens is 271 g/mol. The summed E-state index contributed by atoms with van der Waals surface area (Å²) in [6.45, 7) is 2.13. The largest absolute Gasteiger partial charge is 0.369 e. The molecule has 0 aliphatic carbocycles. The van der Waals surface area contributed by atoms with Crippen LogP contribution in [0.4, 0.5) is 0 Å². The van der Waals surface area contributed by atoms with Crippen molar-refractivity contribution in [3.05, 3.63) is 34.9 Å². The summed E-state index contributed by atoms with van der Waals surface area (Å²) in [5, 5.41) is 8.48. The third kappa shape index (κ3) is 5.89. The molecule has 1 aromatic carbocycles. The number of hydrogen-bond acceptors (Lipinski definition) is 2. The third-order valence-corrected chi connectivity index (χ3v) is 2.48. The number of nitrogens with zero attached hydrogens (tertiary/aromatic N) is 2. The zero-order chi connectivity index (χ0) is 12.7. The first-order chi connectivity index (χ1) is 8.13. The minimum atomic E-state index is -0.0343. The first-order valence-corrected chi connectivity index (χ1v) is 5.92. The Bertz CT molecular complexity index is 409. The molecule has 1 rings (SSSR count). The number of unbranched alkanes of at least 4 members (excludes halogenated alkanes) is 1. The molecule has 0 saturated heterocycles. The fraction of sp³-hybridized carbons (Fsp3) is 0.333. The highest BCUT2D eigenvalue weighted by Crippen LogP contribution is 2.13. The van der Waals surface area contributed by atoms with Gasteiger partial charge in [-0.1, -0.05) is 37.1 Å². The Balaban J connectivity index is 0.00000289. The fourth-order valence-corrected chi connectivity index (χ4v) is 1.48. The lowest BCUT2D eigenvalue weighted by atomic mass is 10.1.